The van der Waals surface area contributed by atoms with Gasteiger partial charge in [0, 0.05) is 23.0 Å². The van der Waals surface area contributed by atoms with Crippen LogP contribution in [0.4, 0.5) is 39.5 Å². The summed E-state index contributed by atoms with van der Waals surface area (Å²) in [4.78, 5) is 35.1. The zero-order chi connectivity index (χ0) is 27.0. The number of nitrogens with one attached hydrogen (secondary N) is 3. The van der Waals surface area contributed by atoms with E-state index in [0.717, 1.165) is 0 Å². The average molecular weight is 524 g/mol. The van der Waals surface area contributed by atoms with E-state index in [0.29, 0.717) is 34.7 Å². The molecule has 9 nitrogen and oxygen atoms in total. The summed E-state index contributed by atoms with van der Waals surface area (Å²) >= 11 is 0. The first-order valence-corrected chi connectivity index (χ1v) is 10.9. The van der Waals surface area contributed by atoms with E-state index >= 15 is 0 Å². The lowest BCUT2D eigenvalue weighted by atomic mass is 10.1. The number of benzene rings is 3. The van der Waals surface area contributed by atoms with Crippen molar-refractivity contribution in [1.29, 1.82) is 0 Å². The van der Waals surface area contributed by atoms with Crippen molar-refractivity contribution in [2.75, 3.05) is 16.4 Å². The van der Waals surface area contributed by atoms with Crippen LogP contribution >= 0.6 is 0 Å². The Balaban J connectivity index is 1.45. The van der Waals surface area contributed by atoms with Gasteiger partial charge in [-0.15, -0.1) is 0 Å². The highest BCUT2D eigenvalue weighted by Gasteiger charge is 2.31. The lowest BCUT2D eigenvalue weighted by Crippen LogP contribution is -2.21. The molecule has 0 unspecified atom stereocenters. The first kappa shape index (κ1) is 24.5. The third-order valence-electron chi connectivity index (χ3n) is 5.48. The largest absolute Gasteiger partial charge is 0.454 e. The van der Waals surface area contributed by atoms with Crippen molar-refractivity contribution in [3.8, 4) is 11.5 Å². The van der Waals surface area contributed by atoms with E-state index in [2.05, 4.69) is 25.6 Å². The number of carbonyl (C=O) groups is 1. The van der Waals surface area contributed by atoms with Crippen LogP contribution in [0.15, 0.2) is 71.7 Å². The van der Waals surface area contributed by atoms with Gasteiger partial charge in [-0.05, 0) is 30.3 Å². The Morgan fingerprint density at radius 1 is 0.947 bits per heavy atom. The van der Waals surface area contributed by atoms with Crippen molar-refractivity contribution in [2.24, 2.45) is 0 Å². The summed E-state index contributed by atoms with van der Waals surface area (Å²) in [6.07, 6.45) is -3.28. The number of alkyl halides is 3. The predicted molar refractivity (Wildman–Crippen MR) is 133 cm³/mol. The van der Waals surface area contributed by atoms with Crippen LogP contribution in [0.3, 0.4) is 0 Å². The van der Waals surface area contributed by atoms with Gasteiger partial charge in [0.25, 0.3) is 5.56 Å². The topological polar surface area (TPSA) is 135 Å². The van der Waals surface area contributed by atoms with Gasteiger partial charge in [-0.3, -0.25) is 4.79 Å². The molecule has 2 aromatic heterocycles. The Kier molecular flexibility index (Phi) is 6.03. The number of fused-ring (bicyclic) bond motifs is 2. The number of urea groups is 1. The maximum atomic E-state index is 14.1. The summed E-state index contributed by atoms with van der Waals surface area (Å²) in [7, 11) is 0. The molecule has 0 bridgehead atoms. The predicted octanol–water partition coefficient (Wildman–Crippen LogP) is 5.65. The summed E-state index contributed by atoms with van der Waals surface area (Å²) in [5, 5.41) is 5.68. The Labute approximate surface area is 210 Å². The molecule has 0 aliphatic rings. The zero-order valence-corrected chi connectivity index (χ0v) is 19.1. The number of nitrogens with zero attached hydrogens (tertiary/aromatic N) is 2. The molecular weight excluding hydrogens is 508 g/mol. The molecule has 5 aromatic rings. The minimum Gasteiger partial charge on any atom is -0.454 e. The Hall–Kier alpha value is -5.20. The number of hydrogen-bond donors (Lipinski definition) is 4. The van der Waals surface area contributed by atoms with Gasteiger partial charge in [0.1, 0.15) is 17.1 Å². The van der Waals surface area contributed by atoms with E-state index in [9.17, 15) is 27.2 Å². The number of anilines is 3. The molecule has 0 aliphatic heterocycles. The number of halogens is 4. The number of H-pyrrole nitrogens is 1. The zero-order valence-electron chi connectivity index (χ0n) is 19.1. The molecule has 2 heterocycles. The molecule has 0 spiro atoms. The van der Waals surface area contributed by atoms with Gasteiger partial charge in [0.05, 0.1) is 16.9 Å². The first-order chi connectivity index (χ1) is 18.1. The molecule has 0 fully saturated rings. The van der Waals surface area contributed by atoms with Crippen LogP contribution in [-0.4, -0.2) is 21.0 Å². The van der Waals surface area contributed by atoms with Crippen molar-refractivity contribution in [3.63, 3.8) is 0 Å². The molecular formula is C25H16F4N6O3. The molecule has 38 heavy (non-hydrogen) atoms. The lowest BCUT2D eigenvalue weighted by Gasteiger charge is -2.15. The van der Waals surface area contributed by atoms with Gasteiger partial charge >= 0.3 is 12.2 Å². The number of hydrogen-bond acceptors (Lipinski definition) is 6. The van der Waals surface area contributed by atoms with Gasteiger partial charge in [0.15, 0.2) is 17.2 Å². The number of pyridine rings is 1. The third-order valence-corrected chi connectivity index (χ3v) is 5.48. The van der Waals surface area contributed by atoms with Crippen molar-refractivity contribution in [3.05, 3.63) is 88.6 Å². The van der Waals surface area contributed by atoms with E-state index < -0.39 is 34.8 Å². The van der Waals surface area contributed by atoms with Crippen molar-refractivity contribution < 1.29 is 27.1 Å². The van der Waals surface area contributed by atoms with E-state index in [-0.39, 0.29) is 28.4 Å². The quantitative estimate of drug-likeness (QED) is 0.225. The van der Waals surface area contributed by atoms with E-state index in [1.165, 1.54) is 24.4 Å². The van der Waals surface area contributed by atoms with Crippen LogP contribution in [0.25, 0.3) is 21.9 Å². The second-order valence-electron chi connectivity index (χ2n) is 7.99. The fourth-order valence-corrected chi connectivity index (χ4v) is 3.72. The number of aromatic nitrogens is 3. The van der Waals surface area contributed by atoms with Crippen LogP contribution in [-0.2, 0) is 6.18 Å². The molecule has 192 valence electrons. The number of nitrogens with two attached hydrogens (primary N) is 1. The van der Waals surface area contributed by atoms with Crippen LogP contribution < -0.4 is 26.7 Å². The maximum absolute atomic E-state index is 14.1. The van der Waals surface area contributed by atoms with Gasteiger partial charge in [-0.25, -0.2) is 19.2 Å². The van der Waals surface area contributed by atoms with E-state index in [4.69, 9.17) is 10.5 Å². The molecule has 0 saturated carbocycles. The van der Waals surface area contributed by atoms with Crippen LogP contribution in [0.2, 0.25) is 0 Å². The van der Waals surface area contributed by atoms with Crippen molar-refractivity contribution >= 4 is 45.2 Å². The lowest BCUT2D eigenvalue weighted by molar-refractivity contribution is -0.137. The highest BCUT2D eigenvalue weighted by Crippen LogP contribution is 2.36. The highest BCUT2D eigenvalue weighted by molar-refractivity contribution is 6.07. The number of rotatable bonds is 4. The molecule has 0 atom stereocenters. The molecule has 5 N–H and O–H groups in total. The smallest absolute Gasteiger partial charge is 0.416 e. The second-order valence-corrected chi connectivity index (χ2v) is 7.99. The number of ether oxygens (including phenoxy) is 1. The SMILES string of the molecule is Nc1nc2nccc(Oc3ccc(NC(=O)Nc4cc(C(F)(F)F)ccc4F)c4ccccc34)c2[nH]c1=O. The summed E-state index contributed by atoms with van der Waals surface area (Å²) in [5.41, 5.74) is 3.88. The first-order valence-electron chi connectivity index (χ1n) is 10.9. The van der Waals surface area contributed by atoms with Crippen LogP contribution in [0.1, 0.15) is 5.56 Å². The third kappa shape index (κ3) is 4.76. The second kappa shape index (κ2) is 9.35. The van der Waals surface area contributed by atoms with Crippen LogP contribution in [0.5, 0.6) is 11.5 Å². The average Bonchev–Trinajstić information content (AvgIpc) is 2.87. The van der Waals surface area contributed by atoms with Crippen molar-refractivity contribution in [1.82, 2.24) is 15.0 Å². The normalized spacial score (nSPS) is 11.5. The Bertz CT molecular complexity index is 1770. The fraction of sp³-hybridized carbons (Fsp3) is 0.0400. The molecule has 0 aliphatic carbocycles. The standard InChI is InChI=1S/C25H16F4N6O3/c26-15-6-5-12(25(27,28)29)11-17(15)33-24(37)32-16-7-8-18(14-4-2-1-3-13(14)16)38-19-9-10-31-22-20(19)34-23(36)21(30)35-22/h1-11H,(H,34,36)(H2,30,31,35)(H2,32,33,37). The molecule has 13 heteroatoms. The summed E-state index contributed by atoms with van der Waals surface area (Å²) < 4.78 is 59.1. The monoisotopic (exact) mass is 524 g/mol. The highest BCUT2D eigenvalue weighted by atomic mass is 19.4. The van der Waals surface area contributed by atoms with Gasteiger partial charge in [0.2, 0.25) is 0 Å². The molecule has 0 saturated heterocycles. The molecule has 0 radical (unpaired) electrons. The Morgan fingerprint density at radius 2 is 1.68 bits per heavy atom. The van der Waals surface area contributed by atoms with E-state index in [1.807, 2.05) is 0 Å². The minimum atomic E-state index is -4.71. The van der Waals surface area contributed by atoms with Gasteiger partial charge < -0.3 is 26.1 Å². The van der Waals surface area contributed by atoms with Crippen LogP contribution in [0, 0.1) is 5.82 Å². The van der Waals surface area contributed by atoms with Gasteiger partial charge in [-0.2, -0.15) is 13.2 Å². The number of amides is 2. The number of aromatic amines is 1. The minimum absolute atomic E-state index is 0.167. The number of carbonyl (C=O) groups excluding carboxylic acids is 1. The molecule has 3 aromatic carbocycles. The Morgan fingerprint density at radius 3 is 2.45 bits per heavy atom. The summed E-state index contributed by atoms with van der Waals surface area (Å²) in [6.45, 7) is 0. The summed E-state index contributed by atoms with van der Waals surface area (Å²) in [6, 6.07) is 12.1. The number of nitrogen functional groups attached to an aromatic ring is 1. The molecule has 2 amide bonds. The fourth-order valence-electron chi connectivity index (χ4n) is 3.72. The summed E-state index contributed by atoms with van der Waals surface area (Å²) in [5.74, 6) is -0.684. The van der Waals surface area contributed by atoms with Gasteiger partial charge in [-0.1, -0.05) is 24.3 Å². The van der Waals surface area contributed by atoms with E-state index in [1.54, 1.807) is 24.3 Å². The maximum Gasteiger partial charge on any atom is 0.416 e. The van der Waals surface area contributed by atoms with Crippen molar-refractivity contribution in [2.45, 2.75) is 6.18 Å². The molecule has 5 rings (SSSR count).